The number of aldehydes is 1. The Kier molecular flexibility index (Phi) is 3.97. The van der Waals surface area contributed by atoms with Gasteiger partial charge >= 0.3 is 0 Å². The van der Waals surface area contributed by atoms with Crippen molar-refractivity contribution in [1.29, 1.82) is 0 Å². The van der Waals surface area contributed by atoms with E-state index in [1.54, 1.807) is 30.3 Å². The summed E-state index contributed by atoms with van der Waals surface area (Å²) in [7, 11) is 0. The summed E-state index contributed by atoms with van der Waals surface area (Å²) < 4.78 is 5.48. The van der Waals surface area contributed by atoms with Gasteiger partial charge in [-0.1, -0.05) is 48.5 Å². The van der Waals surface area contributed by atoms with E-state index in [-0.39, 0.29) is 12.4 Å². The molecular weight excluding hydrogens is 276 g/mol. The number of carbonyl (C=O) groups excluding carboxylic acids is 2. The molecule has 3 nitrogen and oxygen atoms in total. The lowest BCUT2D eigenvalue weighted by atomic mass is 10.0. The fourth-order valence-corrected chi connectivity index (χ4v) is 2.30. The zero-order chi connectivity index (χ0) is 15.4. The molecule has 0 aromatic heterocycles. The maximum absolute atomic E-state index is 12.2. The van der Waals surface area contributed by atoms with Gasteiger partial charge in [0.1, 0.15) is 5.75 Å². The number of hydrogen-bond acceptors (Lipinski definition) is 3. The van der Waals surface area contributed by atoms with Gasteiger partial charge in [0.05, 0.1) is 5.56 Å². The summed E-state index contributed by atoms with van der Waals surface area (Å²) in [6.45, 7) is -0.0941. The Morgan fingerprint density at radius 1 is 0.909 bits per heavy atom. The second-order valence-corrected chi connectivity index (χ2v) is 4.93. The molecule has 0 spiro atoms. The van der Waals surface area contributed by atoms with Crippen molar-refractivity contribution in [3.05, 3.63) is 77.9 Å². The van der Waals surface area contributed by atoms with E-state index >= 15 is 0 Å². The van der Waals surface area contributed by atoms with E-state index in [9.17, 15) is 9.59 Å². The Balaban J connectivity index is 1.77. The summed E-state index contributed by atoms with van der Waals surface area (Å²) in [5.41, 5.74) is 1.04. The van der Waals surface area contributed by atoms with Gasteiger partial charge in [-0.3, -0.25) is 9.59 Å². The van der Waals surface area contributed by atoms with E-state index in [2.05, 4.69) is 0 Å². The van der Waals surface area contributed by atoms with Crippen LogP contribution in [0.5, 0.6) is 5.75 Å². The Morgan fingerprint density at radius 2 is 1.64 bits per heavy atom. The first-order chi connectivity index (χ1) is 10.8. The van der Waals surface area contributed by atoms with Gasteiger partial charge in [0.2, 0.25) is 0 Å². The highest BCUT2D eigenvalue weighted by molar-refractivity contribution is 6.00. The van der Waals surface area contributed by atoms with Crippen LogP contribution in [0, 0.1) is 0 Å². The number of Topliss-reactive ketones (excluding diaryl/α,β-unsaturated/α-hetero) is 1. The summed E-state index contributed by atoms with van der Waals surface area (Å²) in [6, 6.07) is 20.3. The summed E-state index contributed by atoms with van der Waals surface area (Å²) in [5.74, 6) is 0.304. The van der Waals surface area contributed by atoms with Crippen LogP contribution >= 0.6 is 0 Å². The van der Waals surface area contributed by atoms with Crippen molar-refractivity contribution in [1.82, 2.24) is 0 Å². The third-order valence-electron chi connectivity index (χ3n) is 3.48. The minimum Gasteiger partial charge on any atom is -0.485 e. The smallest absolute Gasteiger partial charge is 0.200 e. The van der Waals surface area contributed by atoms with E-state index in [0.717, 1.165) is 17.1 Å². The molecule has 0 saturated heterocycles. The first-order valence-corrected chi connectivity index (χ1v) is 6.97. The average Bonchev–Trinajstić information content (AvgIpc) is 2.59. The summed E-state index contributed by atoms with van der Waals surface area (Å²) in [5, 5.41) is 2.10. The normalized spacial score (nSPS) is 10.4. The van der Waals surface area contributed by atoms with Gasteiger partial charge in [0, 0.05) is 5.56 Å². The molecule has 0 fully saturated rings. The molecule has 0 atom stereocenters. The zero-order valence-corrected chi connectivity index (χ0v) is 11.9. The Labute approximate surface area is 128 Å². The van der Waals surface area contributed by atoms with Crippen molar-refractivity contribution in [3.8, 4) is 5.75 Å². The van der Waals surface area contributed by atoms with Gasteiger partial charge < -0.3 is 4.74 Å². The molecule has 0 amide bonds. The van der Waals surface area contributed by atoms with Crippen LogP contribution in [0.2, 0.25) is 0 Å². The molecule has 0 aliphatic carbocycles. The van der Waals surface area contributed by atoms with Gasteiger partial charge in [-0.05, 0) is 29.0 Å². The number of carbonyl (C=O) groups is 2. The maximum Gasteiger partial charge on any atom is 0.200 e. The van der Waals surface area contributed by atoms with Crippen LogP contribution in [0.25, 0.3) is 10.8 Å². The van der Waals surface area contributed by atoms with Crippen LogP contribution in [-0.2, 0) is 0 Å². The van der Waals surface area contributed by atoms with E-state index in [0.29, 0.717) is 16.9 Å². The van der Waals surface area contributed by atoms with Crippen LogP contribution in [0.3, 0.4) is 0 Å². The monoisotopic (exact) mass is 290 g/mol. The number of hydrogen-bond donors (Lipinski definition) is 0. The standard InChI is InChI=1S/C19H14O3/c20-12-17-7-3-4-8-19(17)22-13-18(21)16-10-9-14-5-1-2-6-15(14)11-16/h1-12H,13H2. The quantitative estimate of drug-likeness (QED) is 0.528. The van der Waals surface area contributed by atoms with Gasteiger partial charge in [0.15, 0.2) is 18.7 Å². The lowest BCUT2D eigenvalue weighted by Crippen LogP contribution is -2.12. The highest BCUT2D eigenvalue weighted by atomic mass is 16.5. The first-order valence-electron chi connectivity index (χ1n) is 6.97. The summed E-state index contributed by atoms with van der Waals surface area (Å²) >= 11 is 0. The number of rotatable bonds is 5. The molecule has 0 heterocycles. The SMILES string of the molecule is O=Cc1ccccc1OCC(=O)c1ccc2ccccc2c1. The second kappa shape index (κ2) is 6.22. The molecule has 0 unspecified atom stereocenters. The number of benzene rings is 3. The fourth-order valence-electron chi connectivity index (χ4n) is 2.30. The Hall–Kier alpha value is -2.94. The van der Waals surface area contributed by atoms with Crippen molar-refractivity contribution in [2.24, 2.45) is 0 Å². The van der Waals surface area contributed by atoms with E-state index < -0.39 is 0 Å². The molecular formula is C19H14O3. The van der Waals surface area contributed by atoms with Crippen LogP contribution in [0.4, 0.5) is 0 Å². The van der Waals surface area contributed by atoms with Gasteiger partial charge in [-0.25, -0.2) is 0 Å². The zero-order valence-electron chi connectivity index (χ0n) is 11.9. The predicted octanol–water partition coefficient (Wildman–Crippen LogP) is 3.91. The van der Waals surface area contributed by atoms with Crippen molar-refractivity contribution < 1.29 is 14.3 Å². The summed E-state index contributed by atoms with van der Waals surface area (Å²) in [4.78, 5) is 23.2. The molecule has 22 heavy (non-hydrogen) atoms. The Bertz CT molecular complexity index is 837. The van der Waals surface area contributed by atoms with Crippen molar-refractivity contribution in [3.63, 3.8) is 0 Å². The van der Waals surface area contributed by atoms with E-state index in [1.165, 1.54) is 0 Å². The minimum atomic E-state index is -0.119. The largest absolute Gasteiger partial charge is 0.485 e. The predicted molar refractivity (Wildman–Crippen MR) is 85.6 cm³/mol. The molecule has 3 rings (SSSR count). The molecule has 0 aliphatic rings. The third kappa shape index (κ3) is 2.88. The molecule has 0 aliphatic heterocycles. The third-order valence-corrected chi connectivity index (χ3v) is 3.48. The van der Waals surface area contributed by atoms with Crippen molar-refractivity contribution in [2.45, 2.75) is 0 Å². The Morgan fingerprint density at radius 3 is 2.45 bits per heavy atom. The van der Waals surface area contributed by atoms with Gasteiger partial charge in [-0.15, -0.1) is 0 Å². The second-order valence-electron chi connectivity index (χ2n) is 4.93. The van der Waals surface area contributed by atoms with E-state index in [4.69, 9.17) is 4.74 Å². The van der Waals surface area contributed by atoms with Gasteiger partial charge in [-0.2, -0.15) is 0 Å². The van der Waals surface area contributed by atoms with Crippen LogP contribution in [0.1, 0.15) is 20.7 Å². The number of ketones is 1. The lowest BCUT2D eigenvalue weighted by molar-refractivity contribution is 0.0918. The van der Waals surface area contributed by atoms with E-state index in [1.807, 2.05) is 36.4 Å². The number of para-hydroxylation sites is 1. The first kappa shape index (κ1) is 14.0. The molecule has 3 aromatic rings. The highest BCUT2D eigenvalue weighted by Gasteiger charge is 2.09. The summed E-state index contributed by atoms with van der Waals surface area (Å²) in [6.07, 6.45) is 0.718. The lowest BCUT2D eigenvalue weighted by Gasteiger charge is -2.08. The fraction of sp³-hybridized carbons (Fsp3) is 0.0526. The number of ether oxygens (including phenoxy) is 1. The molecule has 3 aromatic carbocycles. The topological polar surface area (TPSA) is 43.4 Å². The van der Waals surface area contributed by atoms with Crippen LogP contribution < -0.4 is 4.74 Å². The maximum atomic E-state index is 12.2. The van der Waals surface area contributed by atoms with Crippen LogP contribution in [0.15, 0.2) is 66.7 Å². The molecule has 0 saturated carbocycles. The van der Waals surface area contributed by atoms with Crippen molar-refractivity contribution >= 4 is 22.8 Å². The molecule has 0 radical (unpaired) electrons. The minimum absolute atomic E-state index is 0.0941. The molecule has 3 heteroatoms. The molecule has 0 bridgehead atoms. The van der Waals surface area contributed by atoms with Crippen LogP contribution in [-0.4, -0.2) is 18.7 Å². The van der Waals surface area contributed by atoms with Crippen molar-refractivity contribution in [2.75, 3.05) is 6.61 Å². The molecule has 108 valence electrons. The number of fused-ring (bicyclic) bond motifs is 1. The highest BCUT2D eigenvalue weighted by Crippen LogP contribution is 2.18. The van der Waals surface area contributed by atoms with Gasteiger partial charge in [0.25, 0.3) is 0 Å². The average molecular weight is 290 g/mol. The molecule has 0 N–H and O–H groups in total.